The van der Waals surface area contributed by atoms with Gasteiger partial charge in [0.1, 0.15) is 0 Å². The van der Waals surface area contributed by atoms with Gasteiger partial charge in [-0.3, -0.25) is 0 Å². The largest absolute Gasteiger partial charge is 0.326 e. The summed E-state index contributed by atoms with van der Waals surface area (Å²) in [6.07, 6.45) is 0. The lowest BCUT2D eigenvalue weighted by Crippen LogP contribution is -2.30. The minimum atomic E-state index is 0.446. The quantitative estimate of drug-likeness (QED) is 0.559. The van der Waals surface area contributed by atoms with E-state index in [1.807, 2.05) is 23.5 Å². The first-order chi connectivity index (χ1) is 3.79. The zero-order valence-corrected chi connectivity index (χ0v) is 6.60. The summed E-state index contributed by atoms with van der Waals surface area (Å²) >= 11 is 3.93. The Labute approximate surface area is 58.8 Å². The fourth-order valence-electron chi connectivity index (χ4n) is 0.614. The Bertz CT molecular complexity index is 58.8. The van der Waals surface area contributed by atoms with E-state index in [4.69, 9.17) is 5.73 Å². The second-order valence-electron chi connectivity index (χ2n) is 1.99. The van der Waals surface area contributed by atoms with Gasteiger partial charge >= 0.3 is 0 Å². The molecular formula is C5H11NS2. The van der Waals surface area contributed by atoms with Crippen molar-refractivity contribution in [1.29, 1.82) is 0 Å². The first kappa shape index (κ1) is 6.78. The van der Waals surface area contributed by atoms with Crippen molar-refractivity contribution in [3.63, 3.8) is 0 Å². The Morgan fingerprint density at radius 3 is 2.25 bits per heavy atom. The standard InChI is InChI=1S/C5H11NS2/c1-4-7-2-5(6)3-8-4/h4-5H,2-3,6H2,1H3. The summed E-state index contributed by atoms with van der Waals surface area (Å²) in [6.45, 7) is 2.24. The number of hydrogen-bond acceptors (Lipinski definition) is 3. The normalized spacial score (nSPS) is 39.8. The minimum Gasteiger partial charge on any atom is -0.326 e. The topological polar surface area (TPSA) is 26.0 Å². The molecule has 8 heavy (non-hydrogen) atoms. The average molecular weight is 149 g/mol. The molecule has 0 aromatic carbocycles. The first-order valence-electron chi connectivity index (χ1n) is 2.78. The molecule has 0 aliphatic carbocycles. The van der Waals surface area contributed by atoms with Gasteiger partial charge in [-0.2, -0.15) is 0 Å². The lowest BCUT2D eigenvalue weighted by molar-refractivity contribution is 0.852. The number of thioether (sulfide) groups is 2. The van der Waals surface area contributed by atoms with E-state index < -0.39 is 0 Å². The fraction of sp³-hybridized carbons (Fsp3) is 1.00. The minimum absolute atomic E-state index is 0.446. The molecule has 0 aromatic rings. The summed E-state index contributed by atoms with van der Waals surface area (Å²) in [7, 11) is 0. The first-order valence-corrected chi connectivity index (χ1v) is 4.87. The molecule has 1 nitrogen and oxygen atoms in total. The highest BCUT2D eigenvalue weighted by Crippen LogP contribution is 2.28. The Hall–Kier alpha value is 0.660. The molecule has 0 radical (unpaired) electrons. The predicted molar refractivity (Wildman–Crippen MR) is 42.4 cm³/mol. The molecule has 2 N–H and O–H groups in total. The summed E-state index contributed by atoms with van der Waals surface area (Å²) in [6, 6.07) is 0.446. The molecule has 0 amide bonds. The zero-order valence-electron chi connectivity index (χ0n) is 4.96. The molecule has 0 saturated carbocycles. The molecule has 1 fully saturated rings. The van der Waals surface area contributed by atoms with E-state index in [1.165, 1.54) is 0 Å². The van der Waals surface area contributed by atoms with Gasteiger partial charge in [-0.1, -0.05) is 0 Å². The molecule has 0 bridgehead atoms. The summed E-state index contributed by atoms with van der Waals surface area (Å²) < 4.78 is 0.773. The van der Waals surface area contributed by atoms with Gasteiger partial charge in [0.2, 0.25) is 0 Å². The third-order valence-corrected chi connectivity index (χ3v) is 4.09. The number of nitrogens with two attached hydrogens (primary N) is 1. The van der Waals surface area contributed by atoms with Gasteiger partial charge < -0.3 is 5.73 Å². The molecule has 3 heteroatoms. The molecule has 0 atom stereocenters. The van der Waals surface area contributed by atoms with Crippen molar-refractivity contribution in [2.24, 2.45) is 5.73 Å². The third kappa shape index (κ3) is 1.88. The van der Waals surface area contributed by atoms with Crippen LogP contribution >= 0.6 is 23.5 Å². The van der Waals surface area contributed by atoms with Crippen LogP contribution in [-0.2, 0) is 0 Å². The van der Waals surface area contributed by atoms with Gasteiger partial charge in [0.15, 0.2) is 0 Å². The highest BCUT2D eigenvalue weighted by Gasteiger charge is 2.14. The van der Waals surface area contributed by atoms with Crippen LogP contribution in [0.3, 0.4) is 0 Å². The van der Waals surface area contributed by atoms with Crippen LogP contribution in [0, 0.1) is 0 Å². The maximum Gasteiger partial charge on any atom is 0.0475 e. The lowest BCUT2D eigenvalue weighted by atomic mass is 10.4. The van der Waals surface area contributed by atoms with Crippen molar-refractivity contribution in [3.8, 4) is 0 Å². The van der Waals surface area contributed by atoms with Crippen LogP contribution in [0.25, 0.3) is 0 Å². The van der Waals surface area contributed by atoms with Gasteiger partial charge in [-0.05, 0) is 6.92 Å². The van der Waals surface area contributed by atoms with Crippen LogP contribution in [0.4, 0.5) is 0 Å². The van der Waals surface area contributed by atoms with Gasteiger partial charge in [0, 0.05) is 22.1 Å². The highest BCUT2D eigenvalue weighted by atomic mass is 32.2. The van der Waals surface area contributed by atoms with Crippen molar-refractivity contribution in [2.45, 2.75) is 17.5 Å². The summed E-state index contributed by atoms with van der Waals surface area (Å²) in [4.78, 5) is 0. The van der Waals surface area contributed by atoms with Gasteiger partial charge in [0.05, 0.1) is 0 Å². The van der Waals surface area contributed by atoms with Crippen molar-refractivity contribution < 1.29 is 0 Å². The average Bonchev–Trinajstić information content (AvgIpc) is 1.77. The molecule has 0 aromatic heterocycles. The van der Waals surface area contributed by atoms with Crippen molar-refractivity contribution in [3.05, 3.63) is 0 Å². The molecule has 1 aliphatic heterocycles. The maximum absolute atomic E-state index is 5.66. The highest BCUT2D eigenvalue weighted by molar-refractivity contribution is 8.17. The Kier molecular flexibility index (Phi) is 2.53. The van der Waals surface area contributed by atoms with E-state index in [1.54, 1.807) is 0 Å². The molecule has 0 spiro atoms. The van der Waals surface area contributed by atoms with E-state index in [2.05, 4.69) is 6.92 Å². The van der Waals surface area contributed by atoms with Gasteiger partial charge in [-0.15, -0.1) is 23.5 Å². The predicted octanol–water partition coefficient (Wildman–Crippen LogP) is 1.14. The van der Waals surface area contributed by atoms with Crippen molar-refractivity contribution in [1.82, 2.24) is 0 Å². The SMILES string of the molecule is CC1SCC(N)CS1. The van der Waals surface area contributed by atoms with Crippen LogP contribution in [0.15, 0.2) is 0 Å². The van der Waals surface area contributed by atoms with Crippen LogP contribution < -0.4 is 5.73 Å². The van der Waals surface area contributed by atoms with E-state index >= 15 is 0 Å². The molecule has 1 aliphatic rings. The van der Waals surface area contributed by atoms with Crippen molar-refractivity contribution in [2.75, 3.05) is 11.5 Å². The molecular weight excluding hydrogens is 138 g/mol. The lowest BCUT2D eigenvalue weighted by Gasteiger charge is -2.21. The third-order valence-electron chi connectivity index (χ3n) is 1.09. The zero-order chi connectivity index (χ0) is 5.98. The molecule has 48 valence electrons. The summed E-state index contributed by atoms with van der Waals surface area (Å²) in [5, 5.41) is 0. The number of rotatable bonds is 0. The number of hydrogen-bond donors (Lipinski definition) is 1. The van der Waals surface area contributed by atoms with Crippen LogP contribution in [-0.4, -0.2) is 22.1 Å². The van der Waals surface area contributed by atoms with Crippen LogP contribution in [0.5, 0.6) is 0 Å². The smallest absolute Gasteiger partial charge is 0.0475 e. The summed E-state index contributed by atoms with van der Waals surface area (Å²) in [5.41, 5.74) is 5.66. The second-order valence-corrected chi connectivity index (χ2v) is 5.04. The van der Waals surface area contributed by atoms with Gasteiger partial charge in [0.25, 0.3) is 0 Å². The fourth-order valence-corrected chi connectivity index (χ4v) is 2.89. The molecule has 1 heterocycles. The van der Waals surface area contributed by atoms with E-state index in [0.717, 1.165) is 16.1 Å². The van der Waals surface area contributed by atoms with Crippen molar-refractivity contribution >= 4 is 23.5 Å². The molecule has 0 unspecified atom stereocenters. The van der Waals surface area contributed by atoms with E-state index in [9.17, 15) is 0 Å². The maximum atomic E-state index is 5.66. The van der Waals surface area contributed by atoms with Crippen LogP contribution in [0.1, 0.15) is 6.92 Å². The summed E-state index contributed by atoms with van der Waals surface area (Å²) in [5.74, 6) is 2.29. The monoisotopic (exact) mass is 149 g/mol. The Morgan fingerprint density at radius 2 is 1.88 bits per heavy atom. The van der Waals surface area contributed by atoms with E-state index in [-0.39, 0.29) is 0 Å². The van der Waals surface area contributed by atoms with E-state index in [0.29, 0.717) is 6.04 Å². The Balaban J connectivity index is 2.19. The van der Waals surface area contributed by atoms with Crippen LogP contribution in [0.2, 0.25) is 0 Å². The molecule has 1 saturated heterocycles. The second kappa shape index (κ2) is 2.99. The molecule has 1 rings (SSSR count). The Morgan fingerprint density at radius 1 is 1.38 bits per heavy atom. The van der Waals surface area contributed by atoms with Gasteiger partial charge in [-0.25, -0.2) is 0 Å².